The van der Waals surface area contributed by atoms with Crippen LogP contribution in [0.25, 0.3) is 0 Å². The van der Waals surface area contributed by atoms with Crippen molar-refractivity contribution in [2.45, 2.75) is 13.5 Å². The summed E-state index contributed by atoms with van der Waals surface area (Å²) in [5.41, 5.74) is 1.37. The molecule has 0 saturated carbocycles. The maximum atomic E-state index is 11.4. The van der Waals surface area contributed by atoms with E-state index in [2.05, 4.69) is 0 Å². The second-order valence-corrected chi connectivity index (χ2v) is 3.33. The standard InChI is InChI=1S/C12H16O4/c1-8(13)10-6-5-9(7-14-2)11(15-3)12(10)16-4/h5-6H,7H2,1-4H3. The van der Waals surface area contributed by atoms with Crippen LogP contribution in [0.3, 0.4) is 0 Å². The van der Waals surface area contributed by atoms with Gasteiger partial charge in [-0.05, 0) is 13.0 Å². The van der Waals surface area contributed by atoms with Crippen molar-refractivity contribution < 1.29 is 19.0 Å². The largest absolute Gasteiger partial charge is 0.492 e. The predicted octanol–water partition coefficient (Wildman–Crippen LogP) is 2.05. The van der Waals surface area contributed by atoms with E-state index in [4.69, 9.17) is 14.2 Å². The zero-order chi connectivity index (χ0) is 12.1. The van der Waals surface area contributed by atoms with E-state index in [0.29, 0.717) is 23.7 Å². The molecule has 0 saturated heterocycles. The summed E-state index contributed by atoms with van der Waals surface area (Å²) in [6.45, 7) is 1.91. The van der Waals surface area contributed by atoms with E-state index in [1.807, 2.05) is 6.07 Å². The first-order valence-corrected chi connectivity index (χ1v) is 4.89. The van der Waals surface area contributed by atoms with Crippen LogP contribution < -0.4 is 9.47 Å². The van der Waals surface area contributed by atoms with Crippen LogP contribution in [0.5, 0.6) is 11.5 Å². The summed E-state index contributed by atoms with van der Waals surface area (Å²) >= 11 is 0. The van der Waals surface area contributed by atoms with Crippen LogP contribution in [0.1, 0.15) is 22.8 Å². The molecule has 4 nitrogen and oxygen atoms in total. The molecule has 0 aromatic heterocycles. The highest BCUT2D eigenvalue weighted by molar-refractivity contribution is 5.97. The summed E-state index contributed by atoms with van der Waals surface area (Å²) in [7, 11) is 4.66. The molecule has 16 heavy (non-hydrogen) atoms. The molecular formula is C12H16O4. The highest BCUT2D eigenvalue weighted by Crippen LogP contribution is 2.35. The monoisotopic (exact) mass is 224 g/mol. The number of hydrogen-bond acceptors (Lipinski definition) is 4. The summed E-state index contributed by atoms with van der Waals surface area (Å²) in [5, 5.41) is 0. The molecule has 88 valence electrons. The number of hydrogen-bond donors (Lipinski definition) is 0. The molecule has 1 aromatic carbocycles. The minimum atomic E-state index is -0.0564. The average molecular weight is 224 g/mol. The van der Waals surface area contributed by atoms with Crippen molar-refractivity contribution in [1.82, 2.24) is 0 Å². The van der Waals surface area contributed by atoms with Crippen molar-refractivity contribution in [1.29, 1.82) is 0 Å². The Kier molecular flexibility index (Phi) is 4.31. The van der Waals surface area contributed by atoms with E-state index in [1.54, 1.807) is 20.3 Å². The Balaban J connectivity index is 3.33. The van der Waals surface area contributed by atoms with Crippen LogP contribution >= 0.6 is 0 Å². The number of carbonyl (C=O) groups excluding carboxylic acids is 1. The number of ether oxygens (including phenoxy) is 3. The molecule has 0 fully saturated rings. The van der Waals surface area contributed by atoms with Crippen molar-refractivity contribution in [3.05, 3.63) is 23.3 Å². The van der Waals surface area contributed by atoms with Crippen LogP contribution in [0, 0.1) is 0 Å². The molecule has 4 heteroatoms. The van der Waals surface area contributed by atoms with E-state index >= 15 is 0 Å². The predicted molar refractivity (Wildman–Crippen MR) is 60.3 cm³/mol. The molecule has 0 radical (unpaired) electrons. The number of ketones is 1. The van der Waals surface area contributed by atoms with Gasteiger partial charge in [0, 0.05) is 12.7 Å². The first-order chi connectivity index (χ1) is 7.65. The highest BCUT2D eigenvalue weighted by atomic mass is 16.5. The Morgan fingerprint density at radius 2 is 1.75 bits per heavy atom. The first-order valence-electron chi connectivity index (χ1n) is 4.89. The normalized spacial score (nSPS) is 10.0. The van der Waals surface area contributed by atoms with Gasteiger partial charge in [-0.15, -0.1) is 0 Å². The quantitative estimate of drug-likeness (QED) is 0.718. The number of rotatable bonds is 5. The van der Waals surface area contributed by atoms with Gasteiger partial charge >= 0.3 is 0 Å². The lowest BCUT2D eigenvalue weighted by molar-refractivity contribution is 0.101. The zero-order valence-corrected chi connectivity index (χ0v) is 9.99. The molecule has 0 aliphatic carbocycles. The second kappa shape index (κ2) is 5.51. The van der Waals surface area contributed by atoms with Gasteiger partial charge in [0.15, 0.2) is 17.3 Å². The maximum Gasteiger partial charge on any atom is 0.171 e. The molecule has 1 aromatic rings. The Hall–Kier alpha value is -1.55. The summed E-state index contributed by atoms with van der Waals surface area (Å²) in [6, 6.07) is 3.53. The molecule has 0 N–H and O–H groups in total. The van der Waals surface area contributed by atoms with E-state index in [0.717, 1.165) is 5.56 Å². The molecule has 0 aliphatic rings. The van der Waals surface area contributed by atoms with Crippen molar-refractivity contribution in [3.63, 3.8) is 0 Å². The number of Topliss-reactive ketones (excluding diaryl/α,β-unsaturated/α-hetero) is 1. The van der Waals surface area contributed by atoms with Crippen molar-refractivity contribution in [2.75, 3.05) is 21.3 Å². The third kappa shape index (κ3) is 2.33. The summed E-state index contributed by atoms with van der Waals surface area (Å²) in [5.74, 6) is 0.959. The number of methoxy groups -OCH3 is 3. The average Bonchev–Trinajstić information content (AvgIpc) is 2.28. The highest BCUT2D eigenvalue weighted by Gasteiger charge is 2.17. The molecule has 0 aliphatic heterocycles. The van der Waals surface area contributed by atoms with Gasteiger partial charge in [-0.25, -0.2) is 0 Å². The summed E-state index contributed by atoms with van der Waals surface area (Å²) < 4.78 is 15.5. The summed E-state index contributed by atoms with van der Waals surface area (Å²) in [4.78, 5) is 11.4. The van der Waals surface area contributed by atoms with Crippen molar-refractivity contribution in [3.8, 4) is 11.5 Å². The second-order valence-electron chi connectivity index (χ2n) is 3.33. The Labute approximate surface area is 95.1 Å². The summed E-state index contributed by atoms with van der Waals surface area (Å²) in [6.07, 6.45) is 0. The van der Waals surface area contributed by atoms with Gasteiger partial charge in [0.2, 0.25) is 0 Å². The number of benzene rings is 1. The van der Waals surface area contributed by atoms with Crippen LogP contribution in [0.15, 0.2) is 12.1 Å². The van der Waals surface area contributed by atoms with E-state index in [9.17, 15) is 4.79 Å². The van der Waals surface area contributed by atoms with Gasteiger partial charge in [0.1, 0.15) is 0 Å². The molecule has 0 amide bonds. The molecular weight excluding hydrogens is 208 g/mol. The van der Waals surface area contributed by atoms with Crippen LogP contribution in [-0.2, 0) is 11.3 Å². The molecule has 0 heterocycles. The van der Waals surface area contributed by atoms with Crippen LogP contribution in [-0.4, -0.2) is 27.1 Å². The van der Waals surface area contributed by atoms with Gasteiger partial charge in [-0.3, -0.25) is 4.79 Å². The molecule has 0 spiro atoms. The minimum absolute atomic E-state index is 0.0564. The van der Waals surface area contributed by atoms with E-state index in [1.165, 1.54) is 14.0 Å². The van der Waals surface area contributed by atoms with Gasteiger partial charge in [-0.1, -0.05) is 6.07 Å². The third-order valence-corrected chi connectivity index (χ3v) is 2.28. The van der Waals surface area contributed by atoms with E-state index in [-0.39, 0.29) is 5.78 Å². The number of carbonyl (C=O) groups is 1. The maximum absolute atomic E-state index is 11.4. The zero-order valence-electron chi connectivity index (χ0n) is 9.99. The van der Waals surface area contributed by atoms with Crippen LogP contribution in [0.4, 0.5) is 0 Å². The van der Waals surface area contributed by atoms with Gasteiger partial charge in [0.05, 0.1) is 26.4 Å². The van der Waals surface area contributed by atoms with Gasteiger partial charge in [0.25, 0.3) is 0 Å². The first kappa shape index (κ1) is 12.5. The van der Waals surface area contributed by atoms with Crippen LogP contribution in [0.2, 0.25) is 0 Å². The molecule has 0 atom stereocenters. The van der Waals surface area contributed by atoms with E-state index < -0.39 is 0 Å². The Bertz CT molecular complexity index is 385. The van der Waals surface area contributed by atoms with Crippen molar-refractivity contribution >= 4 is 5.78 Å². The minimum Gasteiger partial charge on any atom is -0.492 e. The lowest BCUT2D eigenvalue weighted by Gasteiger charge is -2.14. The fraction of sp³-hybridized carbons (Fsp3) is 0.417. The van der Waals surface area contributed by atoms with Gasteiger partial charge < -0.3 is 14.2 Å². The SMILES string of the molecule is COCc1ccc(C(C)=O)c(OC)c1OC. The van der Waals surface area contributed by atoms with Crippen molar-refractivity contribution in [2.24, 2.45) is 0 Å². The third-order valence-electron chi connectivity index (χ3n) is 2.28. The lowest BCUT2D eigenvalue weighted by Crippen LogP contribution is -2.03. The Morgan fingerprint density at radius 1 is 1.12 bits per heavy atom. The topological polar surface area (TPSA) is 44.8 Å². The molecule has 0 unspecified atom stereocenters. The lowest BCUT2D eigenvalue weighted by atomic mass is 10.1. The molecule has 0 bridgehead atoms. The Morgan fingerprint density at radius 3 is 2.19 bits per heavy atom. The van der Waals surface area contributed by atoms with Gasteiger partial charge in [-0.2, -0.15) is 0 Å². The fourth-order valence-corrected chi connectivity index (χ4v) is 1.58. The fourth-order valence-electron chi connectivity index (χ4n) is 1.58. The smallest absolute Gasteiger partial charge is 0.171 e. The molecule has 1 rings (SSSR count).